The van der Waals surface area contributed by atoms with E-state index in [0.717, 1.165) is 71.3 Å². The third kappa shape index (κ3) is 3.19. The van der Waals surface area contributed by atoms with Gasteiger partial charge in [-0.25, -0.2) is 4.85 Å². The predicted molar refractivity (Wildman–Crippen MR) is 172 cm³/mol. The van der Waals surface area contributed by atoms with Crippen molar-refractivity contribution in [1.29, 1.82) is 5.26 Å². The number of furan rings is 2. The molecule has 6 aromatic carbocycles. The number of aromatic nitrogens is 1. The lowest BCUT2D eigenvalue weighted by molar-refractivity contribution is 0.633. The summed E-state index contributed by atoms with van der Waals surface area (Å²) in [4.78, 5) is 3.58. The van der Waals surface area contributed by atoms with Crippen LogP contribution in [0.25, 0.3) is 87.3 Å². The van der Waals surface area contributed by atoms with Crippen molar-refractivity contribution in [3.05, 3.63) is 132 Å². The van der Waals surface area contributed by atoms with Gasteiger partial charge in [-0.05, 0) is 60.2 Å². The number of benzene rings is 6. The molecule has 0 amide bonds. The molecule has 9 aromatic rings. The molecule has 0 unspecified atom stereocenters. The van der Waals surface area contributed by atoms with Crippen molar-refractivity contribution in [3.63, 3.8) is 0 Å². The summed E-state index contributed by atoms with van der Waals surface area (Å²) in [6.07, 6.45) is 0. The van der Waals surface area contributed by atoms with Crippen molar-refractivity contribution >= 4 is 71.4 Å². The number of hydrogen-bond donors (Lipinski definition) is 0. The van der Waals surface area contributed by atoms with Gasteiger partial charge in [0.2, 0.25) is 0 Å². The summed E-state index contributed by atoms with van der Waals surface area (Å²) < 4.78 is 14.9. The zero-order chi connectivity index (χ0) is 28.7. The fraction of sp³-hybridized carbons (Fsp3) is 0. The SMILES string of the molecule is [C-]#[N+]c1ccc2oc3c(ccc4c5cc(-c6cccc(C#N)c6-n6c7ccccc7c7ccccc76)ccc5oc43)c2c1. The minimum absolute atomic E-state index is 0.572. The maximum atomic E-state index is 10.3. The first-order valence-electron chi connectivity index (χ1n) is 13.9. The van der Waals surface area contributed by atoms with Crippen LogP contribution < -0.4 is 0 Å². The molecule has 0 aliphatic rings. The summed E-state index contributed by atoms with van der Waals surface area (Å²) in [6.45, 7) is 7.40. The van der Waals surface area contributed by atoms with Gasteiger partial charge in [0.1, 0.15) is 17.2 Å². The molecule has 0 radical (unpaired) electrons. The third-order valence-electron chi connectivity index (χ3n) is 8.46. The fourth-order valence-corrected chi connectivity index (χ4v) is 6.56. The molecular weight excluding hydrogens is 530 g/mol. The van der Waals surface area contributed by atoms with Gasteiger partial charge in [-0.15, -0.1) is 0 Å². The van der Waals surface area contributed by atoms with Crippen molar-refractivity contribution in [2.45, 2.75) is 0 Å². The second kappa shape index (κ2) is 8.60. The van der Waals surface area contributed by atoms with Crippen LogP contribution in [-0.4, -0.2) is 4.57 Å². The van der Waals surface area contributed by atoms with Gasteiger partial charge in [-0.2, -0.15) is 5.26 Å². The Bertz CT molecular complexity index is 2650. The summed E-state index contributed by atoms with van der Waals surface area (Å²) >= 11 is 0. The van der Waals surface area contributed by atoms with E-state index < -0.39 is 0 Å². The number of fused-ring (bicyclic) bond motifs is 10. The lowest BCUT2D eigenvalue weighted by Gasteiger charge is -2.16. The normalized spacial score (nSPS) is 11.7. The highest BCUT2D eigenvalue weighted by atomic mass is 16.4. The van der Waals surface area contributed by atoms with Crippen molar-refractivity contribution in [2.75, 3.05) is 0 Å². The number of nitrogens with zero attached hydrogens (tertiary/aromatic N) is 3. The minimum Gasteiger partial charge on any atom is -0.452 e. The lowest BCUT2D eigenvalue weighted by atomic mass is 9.98. The van der Waals surface area contributed by atoms with E-state index in [9.17, 15) is 5.26 Å². The van der Waals surface area contributed by atoms with Gasteiger partial charge < -0.3 is 13.4 Å². The molecule has 0 N–H and O–H groups in total. The van der Waals surface area contributed by atoms with Gasteiger partial charge in [-0.3, -0.25) is 0 Å². The highest BCUT2D eigenvalue weighted by molar-refractivity contribution is 6.19. The van der Waals surface area contributed by atoms with Gasteiger partial charge in [0.15, 0.2) is 16.9 Å². The van der Waals surface area contributed by atoms with Crippen LogP contribution in [-0.2, 0) is 0 Å². The highest BCUT2D eigenvalue weighted by Gasteiger charge is 2.20. The van der Waals surface area contributed by atoms with Crippen molar-refractivity contribution in [2.24, 2.45) is 0 Å². The van der Waals surface area contributed by atoms with Crippen LogP contribution in [0.1, 0.15) is 5.56 Å². The smallest absolute Gasteiger partial charge is 0.188 e. The Hall–Kier alpha value is -6.30. The maximum absolute atomic E-state index is 10.3. The van der Waals surface area contributed by atoms with Gasteiger partial charge >= 0.3 is 0 Å². The van der Waals surface area contributed by atoms with Crippen LogP contribution >= 0.6 is 0 Å². The van der Waals surface area contributed by atoms with E-state index in [0.29, 0.717) is 22.4 Å². The van der Waals surface area contributed by atoms with E-state index >= 15 is 0 Å². The highest BCUT2D eigenvalue weighted by Crippen LogP contribution is 2.42. The van der Waals surface area contributed by atoms with E-state index in [1.165, 1.54) is 0 Å². The van der Waals surface area contributed by atoms with E-state index in [2.05, 4.69) is 76.1 Å². The first kappa shape index (κ1) is 23.4. The molecule has 43 heavy (non-hydrogen) atoms. The average Bonchev–Trinajstić information content (AvgIpc) is 3.73. The monoisotopic (exact) mass is 549 g/mol. The van der Waals surface area contributed by atoms with Crippen molar-refractivity contribution in [3.8, 4) is 22.9 Å². The Morgan fingerprint density at radius 1 is 0.605 bits per heavy atom. The molecule has 0 aliphatic heterocycles. The molecule has 0 spiro atoms. The molecule has 0 atom stereocenters. The van der Waals surface area contributed by atoms with Crippen LogP contribution in [0.3, 0.4) is 0 Å². The quantitative estimate of drug-likeness (QED) is 0.202. The van der Waals surface area contributed by atoms with Crippen molar-refractivity contribution < 1.29 is 8.83 Å². The zero-order valence-corrected chi connectivity index (χ0v) is 22.6. The number of para-hydroxylation sites is 3. The molecule has 0 saturated heterocycles. The fourth-order valence-electron chi connectivity index (χ4n) is 6.56. The summed E-state index contributed by atoms with van der Waals surface area (Å²) in [5, 5.41) is 16.3. The molecular formula is C38H19N3O2. The molecule has 0 fully saturated rings. The Morgan fingerprint density at radius 3 is 1.88 bits per heavy atom. The molecule has 5 heteroatoms. The van der Waals surface area contributed by atoms with E-state index in [1.807, 2.05) is 48.5 Å². The van der Waals surface area contributed by atoms with Crippen LogP contribution in [0.15, 0.2) is 124 Å². The number of nitriles is 1. The molecule has 198 valence electrons. The predicted octanol–water partition coefficient (Wildman–Crippen LogP) is 10.7. The third-order valence-corrected chi connectivity index (χ3v) is 8.46. The summed E-state index contributed by atoms with van der Waals surface area (Å²) in [6, 6.07) is 40.8. The lowest BCUT2D eigenvalue weighted by Crippen LogP contribution is -2.00. The molecule has 5 nitrogen and oxygen atoms in total. The van der Waals surface area contributed by atoms with Crippen LogP contribution in [0.5, 0.6) is 0 Å². The Labute approximate surface area is 244 Å². The van der Waals surface area contributed by atoms with Gasteiger partial charge in [0.25, 0.3) is 0 Å². The second-order valence-corrected chi connectivity index (χ2v) is 10.7. The number of hydrogen-bond acceptors (Lipinski definition) is 3. The Morgan fingerprint density at radius 2 is 1.23 bits per heavy atom. The van der Waals surface area contributed by atoms with Crippen LogP contribution in [0.2, 0.25) is 0 Å². The zero-order valence-electron chi connectivity index (χ0n) is 22.6. The Balaban J connectivity index is 1.32. The minimum atomic E-state index is 0.572. The maximum Gasteiger partial charge on any atom is 0.188 e. The summed E-state index contributed by atoms with van der Waals surface area (Å²) in [5.41, 5.74) is 8.89. The van der Waals surface area contributed by atoms with Gasteiger partial charge in [0.05, 0.1) is 28.9 Å². The first-order chi connectivity index (χ1) is 21.2. The standard InChI is InChI=1S/C38H19N3O2/c1-40-24-14-18-35-31(20-24)29-16-15-28-30-19-22(13-17-34(30)42-37(28)38(29)43-35)25-10-6-7-23(21-39)36(25)41-32-11-4-2-8-26(32)27-9-3-5-12-33(27)41/h2-20H. The first-order valence-corrected chi connectivity index (χ1v) is 13.9. The van der Waals surface area contributed by atoms with Crippen molar-refractivity contribution in [1.82, 2.24) is 4.57 Å². The molecule has 0 saturated carbocycles. The summed E-state index contributed by atoms with van der Waals surface area (Å²) in [5.74, 6) is 0. The summed E-state index contributed by atoms with van der Waals surface area (Å²) in [7, 11) is 0. The largest absolute Gasteiger partial charge is 0.452 e. The van der Waals surface area contributed by atoms with E-state index in [-0.39, 0.29) is 0 Å². The van der Waals surface area contributed by atoms with E-state index in [4.69, 9.17) is 15.4 Å². The second-order valence-electron chi connectivity index (χ2n) is 10.7. The number of rotatable bonds is 2. The Kier molecular flexibility index (Phi) is 4.68. The molecule has 3 aromatic heterocycles. The topological polar surface area (TPSA) is 59.4 Å². The van der Waals surface area contributed by atoms with Crippen LogP contribution in [0.4, 0.5) is 5.69 Å². The van der Waals surface area contributed by atoms with Crippen LogP contribution in [0, 0.1) is 17.9 Å². The van der Waals surface area contributed by atoms with Gasteiger partial charge in [-0.1, -0.05) is 60.7 Å². The molecule has 0 aliphatic carbocycles. The molecule has 9 rings (SSSR count). The van der Waals surface area contributed by atoms with E-state index in [1.54, 1.807) is 6.07 Å². The molecule has 3 heterocycles. The van der Waals surface area contributed by atoms with Gasteiger partial charge in [0, 0.05) is 37.9 Å². The molecule has 0 bridgehead atoms. The average molecular weight is 550 g/mol.